The van der Waals surface area contributed by atoms with Crippen LogP contribution in [0.4, 0.5) is 0 Å². The first kappa shape index (κ1) is 9.31. The van der Waals surface area contributed by atoms with Crippen molar-refractivity contribution in [2.45, 2.75) is 25.0 Å². The van der Waals surface area contributed by atoms with Gasteiger partial charge in [0, 0.05) is 32.0 Å². The molecule has 80 valence electrons. The molecule has 1 aliphatic carbocycles. The fraction of sp³-hybridized carbons (Fsp3) is 0.583. The van der Waals surface area contributed by atoms with E-state index >= 15 is 0 Å². The molecule has 0 spiro atoms. The van der Waals surface area contributed by atoms with Gasteiger partial charge in [0.05, 0.1) is 5.60 Å². The van der Waals surface area contributed by atoms with Crippen LogP contribution >= 0.6 is 0 Å². The average Bonchev–Trinajstić information content (AvgIpc) is 3.00. The molecule has 1 N–H and O–H groups in total. The Morgan fingerprint density at radius 3 is 2.87 bits per heavy atom. The van der Waals surface area contributed by atoms with Gasteiger partial charge < -0.3 is 5.11 Å². The van der Waals surface area contributed by atoms with Gasteiger partial charge in [-0.25, -0.2) is 0 Å². The minimum atomic E-state index is -0.359. The molecule has 1 saturated heterocycles. The number of aliphatic hydroxyl groups is 1. The highest BCUT2D eigenvalue weighted by Crippen LogP contribution is 2.44. The van der Waals surface area contributed by atoms with Gasteiger partial charge in [0.25, 0.3) is 0 Å². The molecule has 0 atom stereocenters. The third kappa shape index (κ3) is 1.77. The second kappa shape index (κ2) is 3.29. The summed E-state index contributed by atoms with van der Waals surface area (Å²) in [6.45, 7) is 2.60. The predicted molar refractivity (Wildman–Crippen MR) is 57.2 cm³/mol. The van der Waals surface area contributed by atoms with Gasteiger partial charge in [0.15, 0.2) is 0 Å². The largest absolute Gasteiger partial charge is 0.387 e. The van der Waals surface area contributed by atoms with E-state index in [0.717, 1.165) is 19.6 Å². The molecular weight excluding hydrogens is 188 g/mol. The van der Waals surface area contributed by atoms with Crippen molar-refractivity contribution in [2.75, 3.05) is 13.1 Å². The van der Waals surface area contributed by atoms with Crippen molar-refractivity contribution in [2.24, 2.45) is 5.92 Å². The Morgan fingerprint density at radius 2 is 2.27 bits per heavy atom. The van der Waals surface area contributed by atoms with Crippen LogP contribution in [-0.2, 0) is 6.54 Å². The maximum absolute atomic E-state index is 10.1. The predicted octanol–water partition coefficient (Wildman–Crippen LogP) is 1.04. The SMILES string of the molecule is OC1(C2CC2)CN(Cc2cccnc2)C1. The summed E-state index contributed by atoms with van der Waals surface area (Å²) in [5, 5.41) is 10.1. The molecule has 2 heterocycles. The zero-order valence-electron chi connectivity index (χ0n) is 8.76. The van der Waals surface area contributed by atoms with Gasteiger partial charge >= 0.3 is 0 Å². The Morgan fingerprint density at radius 1 is 1.47 bits per heavy atom. The third-order valence-electron chi connectivity index (χ3n) is 3.46. The first-order valence-electron chi connectivity index (χ1n) is 5.60. The monoisotopic (exact) mass is 204 g/mol. The maximum Gasteiger partial charge on any atom is 0.0928 e. The highest BCUT2D eigenvalue weighted by atomic mass is 16.3. The van der Waals surface area contributed by atoms with Crippen LogP contribution in [0.15, 0.2) is 24.5 Å². The summed E-state index contributed by atoms with van der Waals surface area (Å²) in [5.74, 6) is 0.586. The number of pyridine rings is 1. The lowest BCUT2D eigenvalue weighted by Gasteiger charge is -2.47. The summed E-state index contributed by atoms with van der Waals surface area (Å²) >= 11 is 0. The van der Waals surface area contributed by atoms with E-state index in [1.807, 2.05) is 12.3 Å². The molecule has 0 aromatic carbocycles. The number of β-amino-alcohol motifs (C(OH)–C–C–N with tert-alkyl or cyclic N) is 1. The lowest BCUT2D eigenvalue weighted by Crippen LogP contribution is -2.62. The molecule has 0 radical (unpaired) electrons. The smallest absolute Gasteiger partial charge is 0.0928 e. The first-order chi connectivity index (χ1) is 7.26. The molecular formula is C12H16N2O. The molecule has 2 fully saturated rings. The molecule has 3 rings (SSSR count). The molecule has 3 nitrogen and oxygen atoms in total. The van der Waals surface area contributed by atoms with E-state index in [9.17, 15) is 5.11 Å². The zero-order chi connectivity index (χ0) is 10.3. The molecule has 15 heavy (non-hydrogen) atoms. The lowest BCUT2D eigenvalue weighted by molar-refractivity contribution is -0.116. The van der Waals surface area contributed by atoms with Crippen LogP contribution in [0, 0.1) is 5.92 Å². The zero-order valence-corrected chi connectivity index (χ0v) is 8.76. The summed E-state index contributed by atoms with van der Waals surface area (Å²) in [6, 6.07) is 4.05. The molecule has 0 unspecified atom stereocenters. The minimum Gasteiger partial charge on any atom is -0.387 e. The van der Waals surface area contributed by atoms with Gasteiger partial charge in [-0.3, -0.25) is 9.88 Å². The number of likely N-dealkylation sites (tertiary alicyclic amines) is 1. The maximum atomic E-state index is 10.1. The van der Waals surface area contributed by atoms with Crippen LogP contribution in [0.2, 0.25) is 0 Å². The fourth-order valence-electron chi connectivity index (χ4n) is 2.47. The Bertz CT molecular complexity index is 342. The van der Waals surface area contributed by atoms with E-state index in [1.165, 1.54) is 18.4 Å². The van der Waals surface area contributed by atoms with Crippen LogP contribution in [0.1, 0.15) is 18.4 Å². The average molecular weight is 204 g/mol. The second-order valence-electron chi connectivity index (χ2n) is 4.88. The van der Waals surface area contributed by atoms with E-state index in [-0.39, 0.29) is 5.60 Å². The number of hydrogen-bond acceptors (Lipinski definition) is 3. The minimum absolute atomic E-state index is 0.359. The van der Waals surface area contributed by atoms with Crippen molar-refractivity contribution in [3.8, 4) is 0 Å². The normalized spacial score (nSPS) is 24.9. The van der Waals surface area contributed by atoms with Crippen LogP contribution in [0.5, 0.6) is 0 Å². The van der Waals surface area contributed by atoms with Crippen LogP contribution in [-0.4, -0.2) is 33.7 Å². The van der Waals surface area contributed by atoms with Gasteiger partial charge in [0.1, 0.15) is 0 Å². The van der Waals surface area contributed by atoms with Gasteiger partial charge in [-0.15, -0.1) is 0 Å². The molecule has 0 bridgehead atoms. The van der Waals surface area contributed by atoms with E-state index in [0.29, 0.717) is 5.92 Å². The standard InChI is InChI=1S/C12H16N2O/c15-12(11-3-4-11)8-14(9-12)7-10-2-1-5-13-6-10/h1-2,5-6,11,15H,3-4,7-9H2. The molecule has 0 amide bonds. The molecule has 1 aromatic heterocycles. The third-order valence-corrected chi connectivity index (χ3v) is 3.46. The highest BCUT2D eigenvalue weighted by molar-refractivity contribution is 5.12. The molecule has 2 aliphatic rings. The van der Waals surface area contributed by atoms with Crippen LogP contribution < -0.4 is 0 Å². The number of rotatable bonds is 3. The highest BCUT2D eigenvalue weighted by Gasteiger charge is 2.51. The van der Waals surface area contributed by atoms with Crippen LogP contribution in [0.25, 0.3) is 0 Å². The number of hydrogen-bond donors (Lipinski definition) is 1. The Labute approximate surface area is 89.7 Å². The van der Waals surface area contributed by atoms with E-state index in [4.69, 9.17) is 0 Å². The van der Waals surface area contributed by atoms with Crippen molar-refractivity contribution >= 4 is 0 Å². The summed E-state index contributed by atoms with van der Waals surface area (Å²) in [7, 11) is 0. The summed E-state index contributed by atoms with van der Waals surface area (Å²) < 4.78 is 0. The number of aromatic nitrogens is 1. The van der Waals surface area contributed by atoms with E-state index in [1.54, 1.807) is 6.20 Å². The Hall–Kier alpha value is -0.930. The molecule has 1 aromatic rings. The van der Waals surface area contributed by atoms with Crippen molar-refractivity contribution < 1.29 is 5.11 Å². The quantitative estimate of drug-likeness (QED) is 0.799. The van der Waals surface area contributed by atoms with Gasteiger partial charge in [0.2, 0.25) is 0 Å². The van der Waals surface area contributed by atoms with E-state index < -0.39 is 0 Å². The van der Waals surface area contributed by atoms with Crippen molar-refractivity contribution in [1.82, 2.24) is 9.88 Å². The van der Waals surface area contributed by atoms with Crippen LogP contribution in [0.3, 0.4) is 0 Å². The number of nitrogens with zero attached hydrogens (tertiary/aromatic N) is 2. The molecule has 1 saturated carbocycles. The summed E-state index contributed by atoms with van der Waals surface area (Å²) in [4.78, 5) is 6.38. The Balaban J connectivity index is 1.55. The lowest BCUT2D eigenvalue weighted by atomic mass is 9.88. The topological polar surface area (TPSA) is 36.4 Å². The van der Waals surface area contributed by atoms with Crippen molar-refractivity contribution in [3.63, 3.8) is 0 Å². The molecule has 3 heteroatoms. The second-order valence-corrected chi connectivity index (χ2v) is 4.88. The summed E-state index contributed by atoms with van der Waals surface area (Å²) in [6.07, 6.45) is 6.13. The van der Waals surface area contributed by atoms with Gasteiger partial charge in [-0.1, -0.05) is 6.07 Å². The summed E-state index contributed by atoms with van der Waals surface area (Å²) in [5.41, 5.74) is 0.873. The van der Waals surface area contributed by atoms with Gasteiger partial charge in [-0.05, 0) is 30.4 Å². The van der Waals surface area contributed by atoms with Gasteiger partial charge in [-0.2, -0.15) is 0 Å². The van der Waals surface area contributed by atoms with E-state index in [2.05, 4.69) is 16.0 Å². The molecule has 1 aliphatic heterocycles. The van der Waals surface area contributed by atoms with Crippen molar-refractivity contribution in [3.05, 3.63) is 30.1 Å². The van der Waals surface area contributed by atoms with Crippen molar-refractivity contribution in [1.29, 1.82) is 0 Å². The Kier molecular flexibility index (Phi) is 2.04. The first-order valence-corrected chi connectivity index (χ1v) is 5.60. The fourth-order valence-corrected chi connectivity index (χ4v) is 2.47.